The van der Waals surface area contributed by atoms with E-state index in [4.69, 9.17) is 11.6 Å². The maximum atomic E-state index is 6.04. The van der Waals surface area contributed by atoms with E-state index in [1.807, 2.05) is 22.9 Å². The molecular formula is C13H13ClN4. The fourth-order valence-corrected chi connectivity index (χ4v) is 2.29. The summed E-state index contributed by atoms with van der Waals surface area (Å²) in [6.45, 7) is 3.59. The van der Waals surface area contributed by atoms with Crippen LogP contribution in [0.25, 0.3) is 10.9 Å². The summed E-state index contributed by atoms with van der Waals surface area (Å²) in [7, 11) is 0. The van der Waals surface area contributed by atoms with E-state index in [9.17, 15) is 0 Å². The Labute approximate surface area is 110 Å². The SMILES string of the molecule is CCn1ncnc1Cn1ccc2ccc(Cl)cc21. The van der Waals surface area contributed by atoms with E-state index in [1.54, 1.807) is 6.33 Å². The second-order valence-electron chi connectivity index (χ2n) is 4.14. The van der Waals surface area contributed by atoms with Crippen LogP contribution < -0.4 is 0 Å². The summed E-state index contributed by atoms with van der Waals surface area (Å²) in [6.07, 6.45) is 3.65. The molecule has 3 aromatic rings. The van der Waals surface area contributed by atoms with Gasteiger partial charge in [0.05, 0.1) is 6.54 Å². The highest BCUT2D eigenvalue weighted by atomic mass is 35.5. The maximum Gasteiger partial charge on any atom is 0.146 e. The molecule has 0 saturated carbocycles. The van der Waals surface area contributed by atoms with Crippen LogP contribution in [-0.4, -0.2) is 19.3 Å². The number of halogens is 1. The Hall–Kier alpha value is -1.81. The topological polar surface area (TPSA) is 35.6 Å². The Morgan fingerprint density at radius 3 is 3.00 bits per heavy atom. The average Bonchev–Trinajstić information content (AvgIpc) is 2.97. The summed E-state index contributed by atoms with van der Waals surface area (Å²) in [5.41, 5.74) is 1.12. The molecule has 0 saturated heterocycles. The molecule has 0 unspecified atom stereocenters. The fraction of sp³-hybridized carbons (Fsp3) is 0.231. The van der Waals surface area contributed by atoms with Gasteiger partial charge in [-0.25, -0.2) is 9.67 Å². The summed E-state index contributed by atoms with van der Waals surface area (Å²) < 4.78 is 4.04. The predicted octanol–water partition coefficient (Wildman–Crippen LogP) is 2.95. The minimum Gasteiger partial charge on any atom is -0.340 e. The van der Waals surface area contributed by atoms with E-state index < -0.39 is 0 Å². The van der Waals surface area contributed by atoms with Crippen molar-refractivity contribution in [2.24, 2.45) is 0 Å². The molecule has 0 N–H and O–H groups in total. The van der Waals surface area contributed by atoms with Crippen LogP contribution in [0.5, 0.6) is 0 Å². The number of aromatic nitrogens is 4. The molecule has 0 amide bonds. The monoisotopic (exact) mass is 260 g/mol. The standard InChI is InChI=1S/C13H13ClN4/c1-2-18-13(15-9-16-18)8-17-6-5-10-3-4-11(14)7-12(10)17/h3-7,9H,2,8H2,1H3. The van der Waals surface area contributed by atoms with Gasteiger partial charge in [-0.15, -0.1) is 0 Å². The number of nitrogens with zero attached hydrogens (tertiary/aromatic N) is 4. The third-order valence-electron chi connectivity index (χ3n) is 3.04. The Morgan fingerprint density at radius 1 is 1.28 bits per heavy atom. The largest absolute Gasteiger partial charge is 0.340 e. The molecule has 0 aliphatic rings. The third kappa shape index (κ3) is 1.88. The van der Waals surface area contributed by atoms with E-state index in [0.29, 0.717) is 6.54 Å². The highest BCUT2D eigenvalue weighted by Crippen LogP contribution is 2.21. The van der Waals surface area contributed by atoms with Crippen LogP contribution in [0.15, 0.2) is 36.8 Å². The van der Waals surface area contributed by atoms with Crippen molar-refractivity contribution in [3.8, 4) is 0 Å². The lowest BCUT2D eigenvalue weighted by atomic mass is 10.2. The molecule has 0 aliphatic heterocycles. The van der Waals surface area contributed by atoms with E-state index in [2.05, 4.69) is 33.8 Å². The van der Waals surface area contributed by atoms with Crippen LogP contribution in [-0.2, 0) is 13.1 Å². The molecule has 3 rings (SSSR count). The Bertz CT molecular complexity index is 683. The van der Waals surface area contributed by atoms with Gasteiger partial charge < -0.3 is 4.57 Å². The van der Waals surface area contributed by atoms with Crippen molar-refractivity contribution in [3.05, 3.63) is 47.6 Å². The molecule has 0 fully saturated rings. The van der Waals surface area contributed by atoms with Gasteiger partial charge in [-0.3, -0.25) is 0 Å². The first-order valence-electron chi connectivity index (χ1n) is 5.89. The molecule has 2 aromatic heterocycles. The maximum absolute atomic E-state index is 6.04. The molecule has 18 heavy (non-hydrogen) atoms. The van der Waals surface area contributed by atoms with Gasteiger partial charge in [0.25, 0.3) is 0 Å². The average molecular weight is 261 g/mol. The van der Waals surface area contributed by atoms with Crippen molar-refractivity contribution in [2.45, 2.75) is 20.0 Å². The van der Waals surface area contributed by atoms with E-state index >= 15 is 0 Å². The van der Waals surface area contributed by atoms with Crippen molar-refractivity contribution < 1.29 is 0 Å². The fourth-order valence-electron chi connectivity index (χ4n) is 2.12. The molecule has 2 heterocycles. The van der Waals surface area contributed by atoms with Gasteiger partial charge >= 0.3 is 0 Å². The number of fused-ring (bicyclic) bond motifs is 1. The zero-order chi connectivity index (χ0) is 12.5. The molecule has 0 aliphatic carbocycles. The number of benzene rings is 1. The molecule has 1 aromatic carbocycles. The van der Waals surface area contributed by atoms with Crippen LogP contribution in [0, 0.1) is 0 Å². The van der Waals surface area contributed by atoms with E-state index in [-0.39, 0.29) is 0 Å². The summed E-state index contributed by atoms with van der Waals surface area (Å²) in [5.74, 6) is 0.954. The predicted molar refractivity (Wildman–Crippen MR) is 71.7 cm³/mol. The second-order valence-corrected chi connectivity index (χ2v) is 4.58. The number of aryl methyl sites for hydroxylation is 1. The van der Waals surface area contributed by atoms with Crippen LogP contribution in [0.4, 0.5) is 0 Å². The first kappa shape index (κ1) is 11.3. The number of hydrogen-bond acceptors (Lipinski definition) is 2. The molecular weight excluding hydrogens is 248 g/mol. The highest BCUT2D eigenvalue weighted by molar-refractivity contribution is 6.31. The molecule has 4 nitrogen and oxygen atoms in total. The molecule has 0 spiro atoms. The molecule has 0 bridgehead atoms. The van der Waals surface area contributed by atoms with Crippen LogP contribution in [0.3, 0.4) is 0 Å². The van der Waals surface area contributed by atoms with Gasteiger partial charge in [0.1, 0.15) is 12.2 Å². The first-order valence-corrected chi connectivity index (χ1v) is 6.27. The van der Waals surface area contributed by atoms with Gasteiger partial charge in [-0.2, -0.15) is 5.10 Å². The molecule has 5 heteroatoms. The zero-order valence-electron chi connectivity index (χ0n) is 10.0. The Balaban J connectivity index is 2.02. The van der Waals surface area contributed by atoms with Gasteiger partial charge in [0, 0.05) is 23.3 Å². The summed E-state index contributed by atoms with van der Waals surface area (Å²) >= 11 is 6.04. The minimum absolute atomic E-state index is 0.706. The minimum atomic E-state index is 0.706. The number of rotatable bonds is 3. The second kappa shape index (κ2) is 4.46. The van der Waals surface area contributed by atoms with Gasteiger partial charge in [0.2, 0.25) is 0 Å². The highest BCUT2D eigenvalue weighted by Gasteiger charge is 2.06. The molecule has 0 radical (unpaired) electrons. The number of hydrogen-bond donors (Lipinski definition) is 0. The zero-order valence-corrected chi connectivity index (χ0v) is 10.8. The van der Waals surface area contributed by atoms with Crippen molar-refractivity contribution in [1.82, 2.24) is 19.3 Å². The lowest BCUT2D eigenvalue weighted by molar-refractivity contribution is 0.597. The lowest BCUT2D eigenvalue weighted by Gasteiger charge is -2.06. The van der Waals surface area contributed by atoms with E-state index in [1.165, 1.54) is 5.39 Å². The van der Waals surface area contributed by atoms with Crippen LogP contribution in [0.2, 0.25) is 5.02 Å². The first-order chi connectivity index (χ1) is 8.78. The van der Waals surface area contributed by atoms with E-state index in [0.717, 1.165) is 22.9 Å². The quantitative estimate of drug-likeness (QED) is 0.726. The van der Waals surface area contributed by atoms with Crippen LogP contribution >= 0.6 is 11.6 Å². The smallest absolute Gasteiger partial charge is 0.146 e. The third-order valence-corrected chi connectivity index (χ3v) is 3.28. The van der Waals surface area contributed by atoms with Crippen molar-refractivity contribution >= 4 is 22.5 Å². The van der Waals surface area contributed by atoms with Gasteiger partial charge in [-0.05, 0) is 30.5 Å². The van der Waals surface area contributed by atoms with Crippen molar-refractivity contribution in [2.75, 3.05) is 0 Å². The summed E-state index contributed by atoms with van der Waals surface area (Å²) in [6, 6.07) is 7.99. The summed E-state index contributed by atoms with van der Waals surface area (Å²) in [4.78, 5) is 4.29. The van der Waals surface area contributed by atoms with Crippen molar-refractivity contribution in [3.63, 3.8) is 0 Å². The molecule has 0 atom stereocenters. The summed E-state index contributed by atoms with van der Waals surface area (Å²) in [5, 5.41) is 6.11. The molecule has 92 valence electrons. The normalized spacial score (nSPS) is 11.2. The van der Waals surface area contributed by atoms with Gasteiger partial charge in [0.15, 0.2) is 0 Å². The van der Waals surface area contributed by atoms with Crippen molar-refractivity contribution in [1.29, 1.82) is 0 Å². The Kier molecular flexibility index (Phi) is 2.80. The Morgan fingerprint density at radius 2 is 2.17 bits per heavy atom. The van der Waals surface area contributed by atoms with Crippen LogP contribution in [0.1, 0.15) is 12.7 Å². The lowest BCUT2D eigenvalue weighted by Crippen LogP contribution is -2.08. The van der Waals surface area contributed by atoms with Gasteiger partial charge in [-0.1, -0.05) is 17.7 Å².